The Labute approximate surface area is 182 Å². The van der Waals surface area contributed by atoms with E-state index in [-0.39, 0.29) is 5.91 Å². The standard InChI is InChI=1S/C23H28N6O2/c30-23(24-10-13-29-12-5-9-25-29)21-19-31-22(26-21)18-28-16-14-27(15-17-28)11-4-8-20-6-2-1-3-7-20/h1-9,12,19H,10-11,13-18H2,(H,24,30). The van der Waals surface area contributed by atoms with Crippen molar-refractivity contribution in [1.82, 2.24) is 29.9 Å². The third-order valence-electron chi connectivity index (χ3n) is 5.27. The maximum absolute atomic E-state index is 12.2. The summed E-state index contributed by atoms with van der Waals surface area (Å²) in [6.45, 7) is 6.58. The summed E-state index contributed by atoms with van der Waals surface area (Å²) < 4.78 is 7.29. The van der Waals surface area contributed by atoms with Crippen molar-refractivity contribution in [3.63, 3.8) is 0 Å². The van der Waals surface area contributed by atoms with E-state index in [0.29, 0.717) is 31.2 Å². The summed E-state index contributed by atoms with van der Waals surface area (Å²) in [6.07, 6.45) is 9.40. The van der Waals surface area contributed by atoms with Gasteiger partial charge in [0.15, 0.2) is 5.69 Å². The summed E-state index contributed by atoms with van der Waals surface area (Å²) in [5, 5.41) is 6.95. The lowest BCUT2D eigenvalue weighted by molar-refractivity contribution is 0.0946. The van der Waals surface area contributed by atoms with Gasteiger partial charge < -0.3 is 9.73 Å². The SMILES string of the molecule is O=C(NCCn1cccn1)c1coc(CN2CCN(CC=Cc3ccccc3)CC2)n1. The summed E-state index contributed by atoms with van der Waals surface area (Å²) in [4.78, 5) is 21.3. The van der Waals surface area contributed by atoms with Crippen molar-refractivity contribution < 1.29 is 9.21 Å². The van der Waals surface area contributed by atoms with Gasteiger partial charge in [-0.15, -0.1) is 0 Å². The van der Waals surface area contributed by atoms with Gasteiger partial charge in [0, 0.05) is 51.7 Å². The monoisotopic (exact) mass is 420 g/mol. The number of aromatic nitrogens is 3. The van der Waals surface area contributed by atoms with Crippen molar-refractivity contribution in [1.29, 1.82) is 0 Å². The Hall–Kier alpha value is -3.23. The van der Waals surface area contributed by atoms with Crippen molar-refractivity contribution in [2.75, 3.05) is 39.3 Å². The Balaban J connectivity index is 1.16. The van der Waals surface area contributed by atoms with E-state index in [9.17, 15) is 4.79 Å². The van der Waals surface area contributed by atoms with Gasteiger partial charge in [0.05, 0.1) is 13.1 Å². The van der Waals surface area contributed by atoms with Crippen LogP contribution in [0.5, 0.6) is 0 Å². The number of carbonyl (C=O) groups is 1. The second-order valence-corrected chi connectivity index (χ2v) is 7.54. The lowest BCUT2D eigenvalue weighted by atomic mass is 10.2. The Morgan fingerprint density at radius 3 is 2.68 bits per heavy atom. The van der Waals surface area contributed by atoms with Crippen LogP contribution in [0.15, 0.2) is 65.5 Å². The summed E-state index contributed by atoms with van der Waals surface area (Å²) in [5.74, 6) is 0.354. The summed E-state index contributed by atoms with van der Waals surface area (Å²) in [6, 6.07) is 12.2. The highest BCUT2D eigenvalue weighted by molar-refractivity contribution is 5.91. The molecule has 1 fully saturated rings. The molecule has 1 aliphatic rings. The van der Waals surface area contributed by atoms with Gasteiger partial charge in [-0.3, -0.25) is 19.3 Å². The molecule has 8 nitrogen and oxygen atoms in total. The predicted molar refractivity (Wildman–Crippen MR) is 118 cm³/mol. The molecule has 1 aromatic carbocycles. The molecule has 0 spiro atoms. The smallest absolute Gasteiger partial charge is 0.273 e. The first-order valence-electron chi connectivity index (χ1n) is 10.6. The zero-order valence-electron chi connectivity index (χ0n) is 17.6. The van der Waals surface area contributed by atoms with E-state index in [0.717, 1.165) is 32.7 Å². The van der Waals surface area contributed by atoms with Crippen molar-refractivity contribution >= 4 is 12.0 Å². The van der Waals surface area contributed by atoms with Crippen LogP contribution < -0.4 is 5.32 Å². The third-order valence-corrected chi connectivity index (χ3v) is 5.27. The van der Waals surface area contributed by atoms with Gasteiger partial charge in [-0.25, -0.2) is 4.98 Å². The van der Waals surface area contributed by atoms with Crippen LogP contribution in [-0.2, 0) is 13.1 Å². The first-order valence-corrected chi connectivity index (χ1v) is 10.6. The maximum Gasteiger partial charge on any atom is 0.273 e. The van der Waals surface area contributed by atoms with Crippen LogP contribution in [0, 0.1) is 0 Å². The van der Waals surface area contributed by atoms with Crippen LogP contribution in [0.3, 0.4) is 0 Å². The molecule has 3 heterocycles. The van der Waals surface area contributed by atoms with Gasteiger partial charge in [0.2, 0.25) is 5.89 Å². The van der Waals surface area contributed by atoms with Crippen LogP contribution in [0.25, 0.3) is 6.08 Å². The van der Waals surface area contributed by atoms with Crippen LogP contribution in [-0.4, -0.2) is 69.7 Å². The molecule has 0 atom stereocenters. The van der Waals surface area contributed by atoms with Crippen LogP contribution in [0.1, 0.15) is 21.9 Å². The van der Waals surface area contributed by atoms with E-state index in [1.54, 1.807) is 10.9 Å². The van der Waals surface area contributed by atoms with Gasteiger partial charge in [0.1, 0.15) is 6.26 Å². The molecule has 31 heavy (non-hydrogen) atoms. The number of hydrogen-bond donors (Lipinski definition) is 1. The Morgan fingerprint density at radius 2 is 1.90 bits per heavy atom. The van der Waals surface area contributed by atoms with E-state index >= 15 is 0 Å². The molecular formula is C23H28N6O2. The number of benzene rings is 1. The Bertz CT molecular complexity index is 959. The fourth-order valence-electron chi connectivity index (χ4n) is 3.52. The van der Waals surface area contributed by atoms with Crippen molar-refractivity contribution in [3.8, 4) is 0 Å². The largest absolute Gasteiger partial charge is 0.447 e. The Morgan fingerprint density at radius 1 is 1.10 bits per heavy atom. The minimum atomic E-state index is -0.225. The lowest BCUT2D eigenvalue weighted by Crippen LogP contribution is -2.45. The summed E-state index contributed by atoms with van der Waals surface area (Å²) >= 11 is 0. The van der Waals surface area contributed by atoms with E-state index in [1.807, 2.05) is 18.3 Å². The number of piperazine rings is 1. The summed E-state index contributed by atoms with van der Waals surface area (Å²) in [7, 11) is 0. The highest BCUT2D eigenvalue weighted by Gasteiger charge is 2.19. The van der Waals surface area contributed by atoms with Crippen molar-refractivity contribution in [2.24, 2.45) is 0 Å². The Kier molecular flexibility index (Phi) is 7.25. The molecule has 0 radical (unpaired) electrons. The lowest BCUT2D eigenvalue weighted by Gasteiger charge is -2.33. The molecular weight excluding hydrogens is 392 g/mol. The highest BCUT2D eigenvalue weighted by Crippen LogP contribution is 2.10. The average molecular weight is 421 g/mol. The number of nitrogens with one attached hydrogen (secondary N) is 1. The highest BCUT2D eigenvalue weighted by atomic mass is 16.3. The van der Waals surface area contributed by atoms with Crippen LogP contribution in [0.4, 0.5) is 0 Å². The fraction of sp³-hybridized carbons (Fsp3) is 0.348. The quantitative estimate of drug-likeness (QED) is 0.571. The molecule has 0 aliphatic carbocycles. The van der Waals surface area contributed by atoms with Crippen molar-refractivity contribution in [2.45, 2.75) is 13.1 Å². The van der Waals surface area contributed by atoms with Gasteiger partial charge in [-0.1, -0.05) is 42.5 Å². The molecule has 0 saturated carbocycles. The number of amides is 1. The number of oxazole rings is 1. The van der Waals surface area contributed by atoms with Gasteiger partial charge in [-0.05, 0) is 11.6 Å². The number of nitrogens with zero attached hydrogens (tertiary/aromatic N) is 5. The molecule has 1 amide bonds. The van der Waals surface area contributed by atoms with Gasteiger partial charge in [0.25, 0.3) is 5.91 Å². The normalized spacial score (nSPS) is 15.5. The molecule has 0 unspecified atom stereocenters. The molecule has 8 heteroatoms. The first-order chi connectivity index (χ1) is 15.3. The maximum atomic E-state index is 12.2. The van der Waals surface area contributed by atoms with Crippen LogP contribution >= 0.6 is 0 Å². The molecule has 1 saturated heterocycles. The zero-order chi connectivity index (χ0) is 21.3. The van der Waals surface area contributed by atoms with E-state index in [4.69, 9.17) is 4.42 Å². The first kappa shape index (κ1) is 21.0. The van der Waals surface area contributed by atoms with E-state index in [1.165, 1.54) is 11.8 Å². The zero-order valence-corrected chi connectivity index (χ0v) is 17.6. The van der Waals surface area contributed by atoms with Crippen LogP contribution in [0.2, 0.25) is 0 Å². The fourth-order valence-corrected chi connectivity index (χ4v) is 3.52. The molecule has 1 aliphatic heterocycles. The second kappa shape index (κ2) is 10.7. The second-order valence-electron chi connectivity index (χ2n) is 7.54. The molecule has 3 aromatic rings. The van der Waals surface area contributed by atoms with Crippen molar-refractivity contribution in [3.05, 3.63) is 78.3 Å². The number of rotatable bonds is 9. The average Bonchev–Trinajstić information content (AvgIpc) is 3.48. The predicted octanol–water partition coefficient (Wildman–Crippen LogP) is 2.13. The molecule has 0 bridgehead atoms. The molecule has 2 aromatic heterocycles. The third kappa shape index (κ3) is 6.37. The molecule has 1 N–H and O–H groups in total. The number of hydrogen-bond acceptors (Lipinski definition) is 6. The molecule has 4 rings (SSSR count). The van der Waals surface area contributed by atoms with Gasteiger partial charge in [-0.2, -0.15) is 5.10 Å². The van der Waals surface area contributed by atoms with E-state index < -0.39 is 0 Å². The summed E-state index contributed by atoms with van der Waals surface area (Å²) in [5.41, 5.74) is 1.55. The number of carbonyl (C=O) groups excluding carboxylic acids is 1. The topological polar surface area (TPSA) is 79.4 Å². The van der Waals surface area contributed by atoms with E-state index in [2.05, 4.69) is 61.6 Å². The minimum absolute atomic E-state index is 0.225. The van der Waals surface area contributed by atoms with Gasteiger partial charge >= 0.3 is 0 Å². The minimum Gasteiger partial charge on any atom is -0.447 e. The molecule has 162 valence electrons.